The first-order valence-corrected chi connectivity index (χ1v) is 28.3. The van der Waals surface area contributed by atoms with Crippen LogP contribution in [0, 0.1) is 0 Å². The molecule has 0 aromatic heterocycles. The predicted octanol–water partition coefficient (Wildman–Crippen LogP) is -2.99. The zero-order valence-electron chi connectivity index (χ0n) is 49.0. The molecule has 10 atom stereocenters. The fraction of sp³-hybridized carbons (Fsp3) is 0.643. The van der Waals surface area contributed by atoms with Crippen LogP contribution in [0.15, 0.2) is 36.4 Å². The Morgan fingerprint density at radius 3 is 1.60 bits per heavy atom. The van der Waals surface area contributed by atoms with Crippen molar-refractivity contribution in [2.75, 3.05) is 106 Å². The number of nitrogens with two attached hydrogens (primary N) is 1. The average molecular weight is 1260 g/mol. The number of aliphatic carboxylic acids is 1. The van der Waals surface area contributed by atoms with Gasteiger partial charge in [-0.3, -0.25) is 33.6 Å². The Hall–Kier alpha value is -6.44. The maximum absolute atomic E-state index is 13.4. The number of Topliss-reactive ketones (excluding diaryl/α,β-unsaturated/α-hetero) is 2. The molecule has 0 radical (unpaired) electrons. The van der Waals surface area contributed by atoms with Crippen LogP contribution in [0.3, 0.4) is 0 Å². The van der Waals surface area contributed by atoms with Crippen molar-refractivity contribution < 1.29 is 136 Å². The van der Waals surface area contributed by atoms with Gasteiger partial charge in [0.25, 0.3) is 11.8 Å². The number of hydrogen-bond donors (Lipinski definition) is 11. The van der Waals surface area contributed by atoms with Crippen LogP contribution in [0.1, 0.15) is 84.2 Å². The number of aliphatic hydroxyl groups excluding tert-OH is 6. The van der Waals surface area contributed by atoms with Crippen LogP contribution in [-0.4, -0.2) is 250 Å². The van der Waals surface area contributed by atoms with Crippen molar-refractivity contribution in [1.82, 2.24) is 16.0 Å². The van der Waals surface area contributed by atoms with Gasteiger partial charge >= 0.3 is 17.9 Å². The van der Waals surface area contributed by atoms with Gasteiger partial charge in [0, 0.05) is 59.4 Å². The third kappa shape index (κ3) is 27.1. The number of carbonyl (C=O) groups excluding carboxylic acids is 7. The molecular weight excluding hydrogens is 1180 g/mol. The average Bonchev–Trinajstić information content (AvgIpc) is 3.59. The summed E-state index contributed by atoms with van der Waals surface area (Å²) in [7, 11) is 0. The predicted molar refractivity (Wildman–Crippen MR) is 297 cm³/mol. The lowest BCUT2D eigenvalue weighted by Gasteiger charge is -2.38. The number of benzene rings is 2. The molecule has 2 aliphatic heterocycles. The highest BCUT2D eigenvalue weighted by molar-refractivity contribution is 5.98. The van der Waals surface area contributed by atoms with Crippen molar-refractivity contribution in [3.63, 3.8) is 0 Å². The van der Waals surface area contributed by atoms with Crippen LogP contribution in [0.2, 0.25) is 0 Å². The number of carbonyl (C=O) groups is 8. The van der Waals surface area contributed by atoms with Crippen molar-refractivity contribution >= 4 is 47.2 Å². The lowest BCUT2D eigenvalue weighted by Crippen LogP contribution is -2.61. The van der Waals surface area contributed by atoms with Gasteiger partial charge in [-0.2, -0.15) is 0 Å². The van der Waals surface area contributed by atoms with Gasteiger partial charge in [-0.05, 0) is 54.7 Å². The second-order valence-electron chi connectivity index (χ2n) is 19.8. The number of ketones is 2. The van der Waals surface area contributed by atoms with Gasteiger partial charge in [0.05, 0.1) is 89.8 Å². The Labute approximate surface area is 506 Å². The van der Waals surface area contributed by atoms with E-state index in [0.29, 0.717) is 17.5 Å². The Morgan fingerprint density at radius 1 is 0.580 bits per heavy atom. The fourth-order valence-corrected chi connectivity index (χ4v) is 8.22. The summed E-state index contributed by atoms with van der Waals surface area (Å²) in [5.41, 5.74) is 0.694. The molecule has 32 heteroatoms. The van der Waals surface area contributed by atoms with E-state index in [4.69, 9.17) is 62.7 Å². The van der Waals surface area contributed by atoms with Gasteiger partial charge in [0.15, 0.2) is 11.9 Å². The minimum absolute atomic E-state index is 0.000250. The highest BCUT2D eigenvalue weighted by Crippen LogP contribution is 2.29. The van der Waals surface area contributed by atoms with E-state index in [-0.39, 0.29) is 185 Å². The molecule has 2 aromatic rings. The number of esters is 2. The molecule has 88 heavy (non-hydrogen) atoms. The number of carboxylic acids is 1. The highest BCUT2D eigenvalue weighted by Gasteiger charge is 2.48. The second kappa shape index (κ2) is 41.0. The van der Waals surface area contributed by atoms with Crippen molar-refractivity contribution in [3.05, 3.63) is 58.7 Å². The maximum atomic E-state index is 13.4. The Morgan fingerprint density at radius 2 is 1.07 bits per heavy atom. The first-order chi connectivity index (χ1) is 42.2. The molecule has 2 saturated heterocycles. The monoisotopic (exact) mass is 1260 g/mol. The molecule has 12 N–H and O–H groups in total. The number of carboxylic acid groups (broad SMARTS) is 1. The van der Waals surface area contributed by atoms with E-state index in [0.717, 1.165) is 0 Å². The first-order valence-electron chi connectivity index (χ1n) is 28.3. The van der Waals surface area contributed by atoms with Crippen molar-refractivity contribution in [2.24, 2.45) is 5.90 Å². The van der Waals surface area contributed by atoms with E-state index in [1.54, 1.807) is 0 Å². The van der Waals surface area contributed by atoms with Gasteiger partial charge in [-0.15, -0.1) is 0 Å². The van der Waals surface area contributed by atoms with E-state index < -0.39 is 97.0 Å². The number of aliphatic hydroxyl groups is 6. The molecule has 494 valence electrons. The fourth-order valence-electron chi connectivity index (χ4n) is 8.22. The summed E-state index contributed by atoms with van der Waals surface area (Å²) in [4.78, 5) is 105. The van der Waals surface area contributed by atoms with Crippen molar-refractivity contribution in [2.45, 2.75) is 127 Å². The van der Waals surface area contributed by atoms with Crippen LogP contribution in [0.25, 0.3) is 0 Å². The quantitative estimate of drug-likeness (QED) is 0.0179. The lowest BCUT2D eigenvalue weighted by atomic mass is 9.99. The molecule has 0 saturated carbocycles. The SMILES string of the molecule is CC(=O)OCc1ccc(O[C@@H]2O[C@H](C(=O)O)[C@@H](O)[C@H](O)[C@H]2O)c(C(=O)NCCOCCOCCCC(=O)CC[C@@H](NC(=O)COCCOCCON)C(=O)CCCOCCOCCNC(=O)c2cc(COC(C)=O)ccc2O[C@@H]2OC[C@@H](O)[C@H](O)[C@H]2O)c1. The minimum atomic E-state index is -1.97. The zero-order chi connectivity index (χ0) is 64.4. The maximum Gasteiger partial charge on any atom is 0.335 e. The Bertz CT molecular complexity index is 2510. The lowest BCUT2D eigenvalue weighted by molar-refractivity contribution is -0.271. The molecule has 0 spiro atoms. The van der Waals surface area contributed by atoms with E-state index in [2.05, 4.69) is 20.8 Å². The molecule has 32 nitrogen and oxygen atoms in total. The Balaban J connectivity index is 1.14. The molecular formula is C56H82N4O28. The van der Waals surface area contributed by atoms with Gasteiger partial charge < -0.3 is 113 Å². The number of nitrogens with one attached hydrogen (secondary N) is 3. The summed E-state index contributed by atoms with van der Waals surface area (Å²) in [5.74, 6) is -0.394. The molecule has 2 aromatic carbocycles. The molecule has 4 rings (SSSR count). The molecule has 0 aliphatic carbocycles. The molecule has 0 unspecified atom stereocenters. The zero-order valence-corrected chi connectivity index (χ0v) is 49.0. The van der Waals surface area contributed by atoms with Crippen molar-refractivity contribution in [3.8, 4) is 11.5 Å². The minimum Gasteiger partial charge on any atom is -0.479 e. The third-order valence-electron chi connectivity index (χ3n) is 12.9. The number of hydrogen-bond acceptors (Lipinski definition) is 28. The van der Waals surface area contributed by atoms with Gasteiger partial charge in [-0.25, -0.2) is 10.7 Å². The number of amides is 3. The number of rotatable bonds is 44. The van der Waals surface area contributed by atoms with E-state index in [1.807, 2.05) is 0 Å². The topological polar surface area (TPSA) is 460 Å². The normalized spacial score (nSPS) is 21.1. The van der Waals surface area contributed by atoms with Crippen LogP contribution in [-0.2, 0) is 94.2 Å². The van der Waals surface area contributed by atoms with E-state index >= 15 is 0 Å². The number of ether oxygens (including phenoxy) is 12. The molecule has 2 heterocycles. The Kier molecular flexibility index (Phi) is 34.5. The molecule has 2 fully saturated rings. The summed E-state index contributed by atoms with van der Waals surface area (Å²) < 4.78 is 64.9. The van der Waals surface area contributed by atoms with Gasteiger partial charge in [-0.1, -0.05) is 12.1 Å². The van der Waals surface area contributed by atoms with Gasteiger partial charge in [0.2, 0.25) is 18.5 Å². The summed E-state index contributed by atoms with van der Waals surface area (Å²) in [6.07, 6.45) is -14.8. The van der Waals surface area contributed by atoms with Crippen LogP contribution in [0.5, 0.6) is 11.5 Å². The summed E-state index contributed by atoms with van der Waals surface area (Å²) in [5, 5.41) is 78.3. The second-order valence-corrected chi connectivity index (χ2v) is 19.8. The summed E-state index contributed by atoms with van der Waals surface area (Å²) in [6, 6.07) is 7.43. The van der Waals surface area contributed by atoms with Crippen LogP contribution < -0.4 is 31.3 Å². The van der Waals surface area contributed by atoms with Crippen LogP contribution >= 0.6 is 0 Å². The largest absolute Gasteiger partial charge is 0.479 e. The first kappa shape index (κ1) is 74.0. The molecule has 0 bridgehead atoms. The van der Waals surface area contributed by atoms with Gasteiger partial charge in [0.1, 0.15) is 73.7 Å². The van der Waals surface area contributed by atoms with Crippen LogP contribution in [0.4, 0.5) is 0 Å². The van der Waals surface area contributed by atoms with E-state index in [1.165, 1.54) is 50.2 Å². The molecule has 2 aliphatic rings. The summed E-state index contributed by atoms with van der Waals surface area (Å²) in [6.45, 7) is 3.01. The van der Waals surface area contributed by atoms with Crippen molar-refractivity contribution in [1.29, 1.82) is 0 Å². The standard InChI is InChI=1S/C56H82N4O28/c1-33(61)82-29-35-7-11-43(86-55-49(70)46(67)42(65)31-84-55)38(27-35)52(72)58-13-17-79-22-20-77-16-4-6-41(64)40(60-45(66)32-81-24-23-80-25-26-85-57)10-9-37(63)5-3-15-76-19-21-78-18-14-59-53(73)39-28-36(30-83-34(2)62)8-12-44(39)87-56-50(71)47(68)48(69)51(88-56)54(74)75/h7-8,11-12,27-28,40,42,46-51,55-56,65,67-71H,3-6,9-10,13-26,29-32,57H2,1-2H3,(H,58,72)(H,59,73)(H,60,66)(H,74,75)/t40-,42-,46+,47+,48+,49-,50-,51+,55+,56-/m1/s1. The molecule has 3 amide bonds. The highest BCUT2D eigenvalue weighted by atomic mass is 16.7. The van der Waals surface area contributed by atoms with E-state index in [9.17, 15) is 74.1 Å². The third-order valence-corrected chi connectivity index (χ3v) is 12.9. The smallest absolute Gasteiger partial charge is 0.335 e. The summed E-state index contributed by atoms with van der Waals surface area (Å²) >= 11 is 0.